The van der Waals surface area contributed by atoms with E-state index in [0.717, 1.165) is 12.2 Å². The monoisotopic (exact) mass is 262 g/mol. The van der Waals surface area contributed by atoms with E-state index in [9.17, 15) is 0 Å². The molecule has 4 heteroatoms. The first-order chi connectivity index (χ1) is 8.20. The van der Waals surface area contributed by atoms with Crippen LogP contribution < -0.4 is 0 Å². The summed E-state index contributed by atoms with van der Waals surface area (Å²) in [6.45, 7) is 4.79. The molecule has 0 saturated carbocycles. The Hall–Kier alpha value is 0.230. The van der Waals surface area contributed by atoms with E-state index in [2.05, 4.69) is 6.92 Å². The van der Waals surface area contributed by atoms with Gasteiger partial charge in [0, 0.05) is 6.42 Å². The predicted molar refractivity (Wildman–Crippen MR) is 72.4 cm³/mol. The number of hydrogen-bond donors (Lipinski definition) is 1. The summed E-state index contributed by atoms with van der Waals surface area (Å²) in [5.74, 6) is 1.84. The topological polar surface area (TPSA) is 38.7 Å². The van der Waals surface area contributed by atoms with Crippen molar-refractivity contribution in [1.29, 1.82) is 0 Å². The third kappa shape index (κ3) is 6.09. The summed E-state index contributed by atoms with van der Waals surface area (Å²) >= 11 is 1.98. The molecular formula is C13H26O3S. The van der Waals surface area contributed by atoms with Crippen LogP contribution in [0.1, 0.15) is 46.0 Å². The fourth-order valence-electron chi connectivity index (χ4n) is 1.90. The molecule has 1 aliphatic heterocycles. The minimum absolute atomic E-state index is 0.0553. The minimum Gasteiger partial charge on any atom is -0.394 e. The summed E-state index contributed by atoms with van der Waals surface area (Å²) in [6.07, 6.45) is 6.09. The number of unbranched alkanes of at least 4 members (excludes halogenated alkanes) is 3. The number of thioether (sulfide) groups is 1. The van der Waals surface area contributed by atoms with Crippen LogP contribution in [0.2, 0.25) is 0 Å². The zero-order chi connectivity index (χ0) is 12.6. The van der Waals surface area contributed by atoms with Crippen molar-refractivity contribution in [2.45, 2.75) is 57.8 Å². The smallest absolute Gasteiger partial charge is 0.167 e. The zero-order valence-electron chi connectivity index (χ0n) is 11.1. The molecule has 3 nitrogen and oxygen atoms in total. The molecule has 2 atom stereocenters. The van der Waals surface area contributed by atoms with Gasteiger partial charge in [-0.05, 0) is 24.9 Å². The number of aliphatic hydroxyl groups is 1. The third-order valence-corrected chi connectivity index (χ3v) is 4.11. The van der Waals surface area contributed by atoms with Crippen LogP contribution in [0.25, 0.3) is 0 Å². The summed E-state index contributed by atoms with van der Waals surface area (Å²) in [5, 5.41) is 8.98. The fourth-order valence-corrected chi connectivity index (χ4v) is 3.03. The molecular weight excluding hydrogens is 236 g/mol. The molecule has 1 fully saturated rings. The van der Waals surface area contributed by atoms with Crippen LogP contribution in [0.3, 0.4) is 0 Å². The third-order valence-electron chi connectivity index (χ3n) is 3.04. The van der Waals surface area contributed by atoms with Gasteiger partial charge in [0.15, 0.2) is 5.79 Å². The van der Waals surface area contributed by atoms with E-state index in [1.807, 2.05) is 18.7 Å². The number of aliphatic hydroxyl groups excluding tert-OH is 1. The average Bonchev–Trinajstić information content (AvgIpc) is 2.70. The van der Waals surface area contributed by atoms with Gasteiger partial charge in [0.25, 0.3) is 0 Å². The van der Waals surface area contributed by atoms with Gasteiger partial charge in [0.2, 0.25) is 0 Å². The molecule has 2 unspecified atom stereocenters. The lowest BCUT2D eigenvalue weighted by Gasteiger charge is -2.22. The van der Waals surface area contributed by atoms with Crippen LogP contribution in [0.15, 0.2) is 0 Å². The molecule has 0 aromatic heterocycles. The molecule has 1 N–H and O–H groups in total. The molecule has 17 heavy (non-hydrogen) atoms. The van der Waals surface area contributed by atoms with E-state index in [4.69, 9.17) is 14.6 Å². The normalized spacial score (nSPS) is 28.8. The SMILES string of the molecule is CCCCCCSCCC1(C)OCC(CO)O1. The Morgan fingerprint density at radius 3 is 2.76 bits per heavy atom. The van der Waals surface area contributed by atoms with Gasteiger partial charge in [-0.3, -0.25) is 0 Å². The highest BCUT2D eigenvalue weighted by Crippen LogP contribution is 2.28. The molecule has 102 valence electrons. The van der Waals surface area contributed by atoms with Gasteiger partial charge in [-0.15, -0.1) is 0 Å². The highest BCUT2D eigenvalue weighted by atomic mass is 32.2. The standard InChI is InChI=1S/C13H26O3S/c1-3-4-5-6-8-17-9-7-13(2)15-11-12(10-14)16-13/h12,14H,3-11H2,1-2H3. The molecule has 0 aliphatic carbocycles. The molecule has 1 heterocycles. The number of ether oxygens (including phenoxy) is 2. The van der Waals surface area contributed by atoms with Gasteiger partial charge >= 0.3 is 0 Å². The van der Waals surface area contributed by atoms with Crippen molar-refractivity contribution in [2.24, 2.45) is 0 Å². The van der Waals surface area contributed by atoms with Gasteiger partial charge in [-0.2, -0.15) is 11.8 Å². The Bertz CT molecular complexity index is 201. The number of rotatable bonds is 9. The first-order valence-electron chi connectivity index (χ1n) is 6.70. The van der Waals surface area contributed by atoms with Crippen LogP contribution in [0, 0.1) is 0 Å². The maximum Gasteiger partial charge on any atom is 0.167 e. The lowest BCUT2D eigenvalue weighted by atomic mass is 10.2. The Morgan fingerprint density at radius 1 is 1.29 bits per heavy atom. The predicted octanol–water partition coefficient (Wildman–Crippen LogP) is 2.81. The van der Waals surface area contributed by atoms with E-state index < -0.39 is 5.79 Å². The average molecular weight is 262 g/mol. The van der Waals surface area contributed by atoms with Crippen LogP contribution in [0.5, 0.6) is 0 Å². The van der Waals surface area contributed by atoms with E-state index >= 15 is 0 Å². The molecule has 0 spiro atoms. The van der Waals surface area contributed by atoms with Crippen LogP contribution in [0.4, 0.5) is 0 Å². The van der Waals surface area contributed by atoms with Gasteiger partial charge < -0.3 is 14.6 Å². The van der Waals surface area contributed by atoms with Gasteiger partial charge in [0.05, 0.1) is 13.2 Å². The van der Waals surface area contributed by atoms with Crippen molar-refractivity contribution >= 4 is 11.8 Å². The zero-order valence-corrected chi connectivity index (χ0v) is 11.9. The van der Waals surface area contributed by atoms with E-state index in [1.54, 1.807) is 0 Å². The maximum absolute atomic E-state index is 8.98. The molecule has 1 aliphatic rings. The first kappa shape index (κ1) is 15.3. The van der Waals surface area contributed by atoms with Crippen LogP contribution in [-0.2, 0) is 9.47 Å². The van der Waals surface area contributed by atoms with E-state index in [0.29, 0.717) is 6.61 Å². The van der Waals surface area contributed by atoms with Gasteiger partial charge in [-0.25, -0.2) is 0 Å². The van der Waals surface area contributed by atoms with Crippen molar-refractivity contribution in [2.75, 3.05) is 24.7 Å². The Kier molecular flexibility index (Phi) is 7.51. The second-order valence-corrected chi connectivity index (χ2v) is 6.02. The highest BCUT2D eigenvalue weighted by molar-refractivity contribution is 7.99. The molecule has 0 radical (unpaired) electrons. The number of hydrogen-bond acceptors (Lipinski definition) is 4. The Labute approximate surface area is 109 Å². The highest BCUT2D eigenvalue weighted by Gasteiger charge is 2.36. The van der Waals surface area contributed by atoms with E-state index in [1.165, 1.54) is 31.4 Å². The molecule has 0 aromatic carbocycles. The first-order valence-corrected chi connectivity index (χ1v) is 7.86. The summed E-state index contributed by atoms with van der Waals surface area (Å²) in [5.41, 5.74) is 0. The van der Waals surface area contributed by atoms with Gasteiger partial charge in [-0.1, -0.05) is 26.2 Å². The van der Waals surface area contributed by atoms with Crippen molar-refractivity contribution in [3.05, 3.63) is 0 Å². The minimum atomic E-state index is -0.468. The van der Waals surface area contributed by atoms with Crippen molar-refractivity contribution in [3.63, 3.8) is 0 Å². The summed E-state index contributed by atoms with van der Waals surface area (Å²) in [6, 6.07) is 0. The molecule has 0 bridgehead atoms. The Balaban J connectivity index is 1.99. The molecule has 1 saturated heterocycles. The van der Waals surface area contributed by atoms with Crippen molar-refractivity contribution < 1.29 is 14.6 Å². The largest absolute Gasteiger partial charge is 0.394 e. The van der Waals surface area contributed by atoms with Gasteiger partial charge in [0.1, 0.15) is 6.10 Å². The lowest BCUT2D eigenvalue weighted by Crippen LogP contribution is -2.28. The van der Waals surface area contributed by atoms with Crippen LogP contribution in [-0.4, -0.2) is 41.7 Å². The van der Waals surface area contributed by atoms with Crippen molar-refractivity contribution in [1.82, 2.24) is 0 Å². The maximum atomic E-state index is 8.98. The quantitative estimate of drug-likeness (QED) is 0.649. The summed E-state index contributed by atoms with van der Waals surface area (Å²) in [7, 11) is 0. The summed E-state index contributed by atoms with van der Waals surface area (Å²) in [4.78, 5) is 0. The Morgan fingerprint density at radius 2 is 2.12 bits per heavy atom. The second-order valence-electron chi connectivity index (χ2n) is 4.79. The second kappa shape index (κ2) is 8.35. The summed E-state index contributed by atoms with van der Waals surface area (Å²) < 4.78 is 11.3. The van der Waals surface area contributed by atoms with E-state index in [-0.39, 0.29) is 12.7 Å². The lowest BCUT2D eigenvalue weighted by molar-refractivity contribution is -0.157. The molecule has 0 aromatic rings. The molecule has 1 rings (SSSR count). The van der Waals surface area contributed by atoms with Crippen molar-refractivity contribution in [3.8, 4) is 0 Å². The fraction of sp³-hybridized carbons (Fsp3) is 1.00. The molecule has 0 amide bonds. The van der Waals surface area contributed by atoms with Crippen LogP contribution >= 0.6 is 11.8 Å².